The summed E-state index contributed by atoms with van der Waals surface area (Å²) in [7, 11) is 0. The molecule has 0 N–H and O–H groups in total. The molecule has 0 unspecified atom stereocenters. The second-order valence-electron chi connectivity index (χ2n) is 5.62. The van der Waals surface area contributed by atoms with Crippen molar-refractivity contribution in [1.82, 2.24) is 14.6 Å². The Hall–Kier alpha value is -2.79. The van der Waals surface area contributed by atoms with Crippen molar-refractivity contribution >= 4 is 32.8 Å². The average Bonchev–Trinajstić information content (AvgIpc) is 2.97. The van der Waals surface area contributed by atoms with Gasteiger partial charge in [-0.1, -0.05) is 46.3 Å². The minimum atomic E-state index is 0.911. The normalized spacial score (nSPS) is 12.6. The summed E-state index contributed by atoms with van der Waals surface area (Å²) in [5.41, 5.74) is 6.87. The first-order valence-electron chi connectivity index (χ1n) is 7.58. The molecule has 4 aromatic rings. The molecule has 3 heterocycles. The first-order valence-corrected chi connectivity index (χ1v) is 8.37. The van der Waals surface area contributed by atoms with Gasteiger partial charge >= 0.3 is 0 Å². The monoisotopic (exact) mass is 374 g/mol. The Balaban J connectivity index is 1.93. The van der Waals surface area contributed by atoms with Crippen LogP contribution in [0.3, 0.4) is 0 Å². The molecule has 5 heteroatoms. The number of hydrogen-bond acceptors (Lipinski definition) is 3. The molecule has 0 saturated carbocycles. The number of halogens is 1. The summed E-state index contributed by atoms with van der Waals surface area (Å²) in [4.78, 5) is 9.52. The van der Waals surface area contributed by atoms with Gasteiger partial charge in [0, 0.05) is 27.4 Å². The van der Waals surface area contributed by atoms with Crippen LogP contribution in [-0.2, 0) is 0 Å². The summed E-state index contributed by atoms with van der Waals surface area (Å²) in [5.74, 6) is 0. The van der Waals surface area contributed by atoms with Crippen molar-refractivity contribution in [3.8, 4) is 11.3 Å². The lowest BCUT2D eigenvalue weighted by Crippen LogP contribution is -2.03. The van der Waals surface area contributed by atoms with E-state index in [1.54, 1.807) is 6.33 Å². The number of benzene rings is 2. The predicted molar refractivity (Wildman–Crippen MR) is 97.9 cm³/mol. The summed E-state index contributed by atoms with van der Waals surface area (Å²) in [5, 5.41) is 4.35. The van der Waals surface area contributed by atoms with Gasteiger partial charge in [-0.05, 0) is 24.3 Å². The first kappa shape index (κ1) is 13.6. The van der Waals surface area contributed by atoms with E-state index in [1.807, 2.05) is 41.0 Å². The lowest BCUT2D eigenvalue weighted by molar-refractivity contribution is 0.906. The van der Waals surface area contributed by atoms with Gasteiger partial charge in [0.15, 0.2) is 0 Å². The van der Waals surface area contributed by atoms with Crippen molar-refractivity contribution in [2.45, 2.75) is 0 Å². The number of para-hydroxylation sites is 1. The molecule has 4 nitrogen and oxygen atoms in total. The Morgan fingerprint density at radius 2 is 1.83 bits per heavy atom. The molecule has 0 saturated heterocycles. The van der Waals surface area contributed by atoms with Gasteiger partial charge in [-0.2, -0.15) is 5.10 Å². The molecule has 0 spiro atoms. The maximum Gasteiger partial charge on any atom is 0.137 e. The van der Waals surface area contributed by atoms with Crippen LogP contribution in [0.5, 0.6) is 0 Å². The average molecular weight is 375 g/mol. The van der Waals surface area contributed by atoms with Crippen molar-refractivity contribution in [3.63, 3.8) is 0 Å². The number of fused-ring (bicyclic) bond motifs is 2. The van der Waals surface area contributed by atoms with E-state index in [4.69, 9.17) is 4.99 Å². The molecule has 5 rings (SSSR count). The quantitative estimate of drug-likeness (QED) is 0.428. The van der Waals surface area contributed by atoms with Crippen molar-refractivity contribution < 1.29 is 0 Å². The number of hydrogen-bond donors (Lipinski definition) is 0. The van der Waals surface area contributed by atoms with E-state index in [1.165, 1.54) is 0 Å². The number of nitrogens with zero attached hydrogens (tertiary/aromatic N) is 4. The number of aromatic nitrogens is 3. The predicted octanol–water partition coefficient (Wildman–Crippen LogP) is 4.64. The Labute approximate surface area is 146 Å². The van der Waals surface area contributed by atoms with Gasteiger partial charge in [-0.15, -0.1) is 0 Å². The lowest BCUT2D eigenvalue weighted by atomic mass is 10.0. The maximum absolute atomic E-state index is 4.98. The van der Waals surface area contributed by atoms with Gasteiger partial charge < -0.3 is 0 Å². The molecule has 24 heavy (non-hydrogen) atoms. The van der Waals surface area contributed by atoms with Crippen LogP contribution in [0, 0.1) is 0 Å². The highest BCUT2D eigenvalue weighted by molar-refractivity contribution is 9.10. The van der Waals surface area contributed by atoms with Gasteiger partial charge in [0.25, 0.3) is 0 Å². The second kappa shape index (κ2) is 5.11. The molecule has 114 valence electrons. The Morgan fingerprint density at radius 3 is 2.75 bits per heavy atom. The van der Waals surface area contributed by atoms with E-state index in [2.05, 4.69) is 50.3 Å². The van der Waals surface area contributed by atoms with Gasteiger partial charge in [0.1, 0.15) is 17.5 Å². The fourth-order valence-electron chi connectivity index (χ4n) is 3.15. The molecule has 0 amide bonds. The Kier molecular flexibility index (Phi) is 2.90. The van der Waals surface area contributed by atoms with E-state index in [0.29, 0.717) is 0 Å². The highest BCUT2D eigenvalue weighted by Crippen LogP contribution is 2.37. The molecule has 2 aromatic heterocycles. The highest BCUT2D eigenvalue weighted by atomic mass is 79.9. The summed E-state index contributed by atoms with van der Waals surface area (Å²) in [6.07, 6.45) is 3.55. The minimum absolute atomic E-state index is 0.911. The molecular formula is C19H11BrN4. The van der Waals surface area contributed by atoms with Crippen LogP contribution in [0.25, 0.3) is 16.8 Å². The minimum Gasteiger partial charge on any atom is -0.247 e. The molecule has 0 bridgehead atoms. The van der Waals surface area contributed by atoms with Crippen LogP contribution >= 0.6 is 15.9 Å². The van der Waals surface area contributed by atoms with Crippen LogP contribution in [0.2, 0.25) is 0 Å². The highest BCUT2D eigenvalue weighted by Gasteiger charge is 2.22. The van der Waals surface area contributed by atoms with E-state index >= 15 is 0 Å². The van der Waals surface area contributed by atoms with Crippen LogP contribution in [0.4, 0.5) is 5.69 Å². The van der Waals surface area contributed by atoms with Crippen molar-refractivity contribution in [2.24, 2.45) is 4.99 Å². The fraction of sp³-hybridized carbons (Fsp3) is 0. The maximum atomic E-state index is 4.98. The summed E-state index contributed by atoms with van der Waals surface area (Å²) >= 11 is 3.55. The van der Waals surface area contributed by atoms with Crippen molar-refractivity contribution in [2.75, 3.05) is 0 Å². The Bertz CT molecular complexity index is 1130. The first-order chi connectivity index (χ1) is 11.8. The van der Waals surface area contributed by atoms with Crippen LogP contribution in [-0.4, -0.2) is 20.3 Å². The summed E-state index contributed by atoms with van der Waals surface area (Å²) < 4.78 is 2.90. The van der Waals surface area contributed by atoms with Gasteiger partial charge in [0.05, 0.1) is 11.4 Å². The van der Waals surface area contributed by atoms with E-state index < -0.39 is 0 Å². The van der Waals surface area contributed by atoms with Crippen molar-refractivity contribution in [1.29, 1.82) is 0 Å². The van der Waals surface area contributed by atoms with Crippen LogP contribution < -0.4 is 0 Å². The summed E-state index contributed by atoms with van der Waals surface area (Å²) in [6, 6.07) is 18.3. The van der Waals surface area contributed by atoms with Crippen LogP contribution in [0.15, 0.2) is 76.6 Å². The summed E-state index contributed by atoms with van der Waals surface area (Å²) in [6.45, 7) is 0. The van der Waals surface area contributed by atoms with Gasteiger partial charge in [-0.25, -0.2) is 14.5 Å². The number of aliphatic imine (C=N–C) groups is 1. The van der Waals surface area contributed by atoms with Crippen molar-refractivity contribution in [3.05, 3.63) is 82.7 Å². The molecule has 2 aromatic carbocycles. The molecular weight excluding hydrogens is 364 g/mol. The Morgan fingerprint density at radius 1 is 0.917 bits per heavy atom. The second-order valence-corrected chi connectivity index (χ2v) is 6.53. The molecule has 0 radical (unpaired) electrons. The third kappa shape index (κ3) is 1.95. The molecule has 0 aliphatic carbocycles. The van der Waals surface area contributed by atoms with E-state index in [0.717, 1.165) is 43.8 Å². The smallest absolute Gasteiger partial charge is 0.137 e. The number of rotatable bonds is 1. The van der Waals surface area contributed by atoms with Crippen LogP contribution in [0.1, 0.15) is 11.1 Å². The standard InChI is InChI=1S/C19H11BrN4/c20-13-5-3-4-12(10-13)17-15-8-9-24-19(15)18(21-11-22-24)14-6-1-2-7-16(14)23-17/h1-11H. The van der Waals surface area contributed by atoms with Gasteiger partial charge in [0.2, 0.25) is 0 Å². The molecule has 0 fully saturated rings. The largest absolute Gasteiger partial charge is 0.247 e. The SMILES string of the molecule is Brc1cccc(C2=Nc3ccccc3-c3ncnn4ccc2c34)c1. The third-order valence-corrected chi connectivity index (χ3v) is 4.69. The fourth-order valence-corrected chi connectivity index (χ4v) is 3.55. The zero-order valence-electron chi connectivity index (χ0n) is 12.5. The van der Waals surface area contributed by atoms with Gasteiger partial charge in [-0.3, -0.25) is 0 Å². The zero-order valence-corrected chi connectivity index (χ0v) is 14.1. The molecule has 0 atom stereocenters. The molecule has 1 aliphatic heterocycles. The third-order valence-electron chi connectivity index (χ3n) is 4.20. The topological polar surface area (TPSA) is 42.5 Å². The zero-order chi connectivity index (χ0) is 16.1. The lowest BCUT2D eigenvalue weighted by Gasteiger charge is -2.05. The van der Waals surface area contributed by atoms with E-state index in [-0.39, 0.29) is 0 Å². The van der Waals surface area contributed by atoms with E-state index in [9.17, 15) is 0 Å². The molecule has 1 aliphatic rings.